The van der Waals surface area contributed by atoms with E-state index in [9.17, 15) is 10.2 Å². The van der Waals surface area contributed by atoms with Crippen LogP contribution < -0.4 is 0 Å². The Morgan fingerprint density at radius 1 is 0.528 bits per heavy atom. The number of aliphatic hydroxyl groups excluding tert-OH is 9. The summed E-state index contributed by atoms with van der Waals surface area (Å²) in [5.74, 6) is 1.77. The third-order valence-electron chi connectivity index (χ3n) is 5.35. The molecule has 0 fully saturated rings. The molecule has 21 heteroatoms. The van der Waals surface area contributed by atoms with Crippen LogP contribution in [-0.4, -0.2) is 219 Å². The van der Waals surface area contributed by atoms with E-state index < -0.39 is 27.8 Å². The van der Waals surface area contributed by atoms with Gasteiger partial charge in [0.25, 0.3) is 0 Å². The van der Waals surface area contributed by atoms with Gasteiger partial charge in [-0.15, -0.1) is 0 Å². The van der Waals surface area contributed by atoms with E-state index in [-0.39, 0.29) is 82.8 Å². The maximum atomic E-state index is 9.66. The second kappa shape index (κ2) is 72.0. The molecular formula is C32H78CuO15S3SnZn. The molecule has 0 aliphatic carbocycles. The van der Waals surface area contributed by atoms with Gasteiger partial charge in [-0.2, -0.15) is 12.6 Å². The van der Waals surface area contributed by atoms with E-state index in [1.807, 2.05) is 17.9 Å². The fourth-order valence-corrected chi connectivity index (χ4v) is 32.9. The summed E-state index contributed by atoms with van der Waals surface area (Å²) in [5.41, 5.74) is 0. The topological polar surface area (TPSA) is 237 Å². The summed E-state index contributed by atoms with van der Waals surface area (Å²) in [6.07, 6.45) is 3.44. The minimum absolute atomic E-state index is 0. The molecule has 0 spiro atoms. The first-order chi connectivity index (χ1) is 24.6. The SMILES string of the molecule is CCC[CH2][Sn]([CH2]CCC)([S]CC(O)CO)[S]CC(O)CO.COCCO.COCCO.COCCOCCO.COCCOCCO.OCCS.[Cu].[Zn]. The van der Waals surface area contributed by atoms with E-state index in [1.165, 1.54) is 21.7 Å². The molecule has 0 rings (SSSR count). The van der Waals surface area contributed by atoms with Crippen LogP contribution in [0.15, 0.2) is 0 Å². The average Bonchev–Trinajstić information content (AvgIpc) is 3.16. The van der Waals surface area contributed by atoms with Crippen LogP contribution in [0, 0.1) is 0 Å². The zero-order valence-electron chi connectivity index (χ0n) is 33.4. The molecular weight excluding hydrogens is 968 g/mol. The molecule has 0 aromatic rings. The molecule has 53 heavy (non-hydrogen) atoms. The van der Waals surface area contributed by atoms with Crippen LogP contribution in [0.5, 0.6) is 0 Å². The van der Waals surface area contributed by atoms with E-state index in [0.29, 0.717) is 70.1 Å². The van der Waals surface area contributed by atoms with Crippen LogP contribution >= 0.6 is 30.5 Å². The van der Waals surface area contributed by atoms with Gasteiger partial charge in [0.2, 0.25) is 0 Å². The Balaban J connectivity index is -0.0000000873. The molecule has 0 aliphatic heterocycles. The number of methoxy groups -OCH3 is 4. The molecule has 0 amide bonds. The minimum atomic E-state index is -2.55. The van der Waals surface area contributed by atoms with Gasteiger partial charge in [0.15, 0.2) is 0 Å². The number of unbranched alkanes of at least 4 members (excludes halogenated alkanes) is 2. The van der Waals surface area contributed by atoms with Gasteiger partial charge in [-0.25, -0.2) is 0 Å². The van der Waals surface area contributed by atoms with Crippen LogP contribution in [0.4, 0.5) is 0 Å². The van der Waals surface area contributed by atoms with Gasteiger partial charge in [-0.1, -0.05) is 0 Å². The molecule has 15 nitrogen and oxygen atoms in total. The fourth-order valence-electron chi connectivity index (χ4n) is 2.75. The molecule has 0 heterocycles. The van der Waals surface area contributed by atoms with E-state index >= 15 is 0 Å². The first kappa shape index (κ1) is 73.0. The van der Waals surface area contributed by atoms with Gasteiger partial charge in [0.1, 0.15) is 0 Å². The number of ether oxygens (including phenoxy) is 6. The Labute approximate surface area is 359 Å². The smallest absolute Gasteiger partial charge is 0.0701 e. The summed E-state index contributed by atoms with van der Waals surface area (Å²) in [7, 11) is 10.1. The molecule has 2 atom stereocenters. The van der Waals surface area contributed by atoms with Crippen LogP contribution in [0.2, 0.25) is 8.87 Å². The summed E-state index contributed by atoms with van der Waals surface area (Å²) in [6, 6.07) is 0. The molecule has 331 valence electrons. The van der Waals surface area contributed by atoms with Crippen molar-refractivity contribution < 1.29 is 111 Å². The van der Waals surface area contributed by atoms with Crippen LogP contribution in [0.25, 0.3) is 0 Å². The van der Waals surface area contributed by atoms with Crippen LogP contribution in [0.1, 0.15) is 39.5 Å². The van der Waals surface area contributed by atoms with E-state index in [1.54, 1.807) is 28.4 Å². The van der Waals surface area contributed by atoms with Gasteiger partial charge in [-0.05, 0) is 0 Å². The van der Waals surface area contributed by atoms with Gasteiger partial charge < -0.3 is 54.0 Å². The molecule has 0 aliphatic rings. The molecule has 0 saturated carbocycles. The molecule has 0 bridgehead atoms. The predicted molar refractivity (Wildman–Crippen MR) is 215 cm³/mol. The largest absolute Gasteiger partial charge is 0.396 e. The average molecular weight is 1050 g/mol. The first-order valence-electron chi connectivity index (χ1n) is 17.2. The van der Waals surface area contributed by atoms with Crippen molar-refractivity contribution in [1.82, 2.24) is 0 Å². The minimum Gasteiger partial charge on any atom is -0.396 e. The molecule has 2 unspecified atom stereocenters. The van der Waals surface area contributed by atoms with Crippen molar-refractivity contribution in [2.24, 2.45) is 0 Å². The van der Waals surface area contributed by atoms with Crippen LogP contribution in [-0.2, 0) is 65.0 Å². The summed E-state index contributed by atoms with van der Waals surface area (Å²) in [6.45, 7) is 8.65. The zero-order chi connectivity index (χ0) is 40.3. The van der Waals surface area contributed by atoms with Crippen molar-refractivity contribution >= 4 is 46.1 Å². The Bertz CT molecular complexity index is 499. The molecule has 0 aromatic carbocycles. The molecule has 0 saturated heterocycles. The molecule has 1 radical (unpaired) electrons. The third-order valence-corrected chi connectivity index (χ3v) is 36.2. The fraction of sp³-hybridized carbons (Fsp3) is 1.00. The second-order valence-electron chi connectivity index (χ2n) is 9.95. The Morgan fingerprint density at radius 2 is 0.830 bits per heavy atom. The quantitative estimate of drug-likeness (QED) is 0.0281. The van der Waals surface area contributed by atoms with Crippen molar-refractivity contribution in [3.05, 3.63) is 0 Å². The van der Waals surface area contributed by atoms with Gasteiger partial charge >= 0.3 is 139 Å². The van der Waals surface area contributed by atoms with Gasteiger partial charge in [0, 0.05) is 70.7 Å². The first-order valence-corrected chi connectivity index (χ1v) is 30.9. The number of aliphatic hydroxyl groups is 9. The Hall–Kier alpha value is 2.39. The van der Waals surface area contributed by atoms with Gasteiger partial charge in [0.05, 0.1) is 85.9 Å². The number of hydrogen-bond donors (Lipinski definition) is 10. The van der Waals surface area contributed by atoms with Crippen molar-refractivity contribution in [2.45, 2.75) is 60.6 Å². The standard InChI is InChI=1S/2C5H12O3.2C4H9.2C3H8O2S.2C3H8O2.C2H6OS.Cu.Sn.Zn/c2*1-7-4-5-8-3-2-6;2*1-3-4-2;2*4-1-3(5)2-6;2*1-5-3-2-4;3-1-2-4;;;/h2*6H,2-5H2,1H3;2*1,3-4H2,2H3;2*3-6H,1-2H2;2*4H,2-3H2,1H3;3-4H,1-2H2;;;/q;;;;;;;;;;+2;/p-2. The Kier molecular flexibility index (Phi) is 99.2. The van der Waals surface area contributed by atoms with Crippen molar-refractivity contribution in [3.63, 3.8) is 0 Å². The maximum Gasteiger partial charge on any atom is 0.0701 e. The summed E-state index contributed by atoms with van der Waals surface area (Å²) in [5, 5.41) is 77.4. The van der Waals surface area contributed by atoms with Gasteiger partial charge in [-0.3, -0.25) is 0 Å². The van der Waals surface area contributed by atoms with E-state index in [4.69, 9.17) is 45.2 Å². The van der Waals surface area contributed by atoms with Crippen molar-refractivity contribution in [2.75, 3.05) is 145 Å². The maximum absolute atomic E-state index is 9.66. The van der Waals surface area contributed by atoms with Crippen molar-refractivity contribution in [3.8, 4) is 0 Å². The monoisotopic (exact) mass is 1050 g/mol. The Morgan fingerprint density at radius 3 is 1.02 bits per heavy atom. The van der Waals surface area contributed by atoms with Crippen LogP contribution in [0.3, 0.4) is 0 Å². The second-order valence-corrected chi connectivity index (χ2v) is 36.9. The third kappa shape index (κ3) is 79.3. The van der Waals surface area contributed by atoms with E-state index in [0.717, 1.165) is 12.8 Å². The molecule has 0 aromatic heterocycles. The molecule has 9 N–H and O–H groups in total. The zero-order valence-corrected chi connectivity index (χ0v) is 42.7. The van der Waals surface area contributed by atoms with E-state index in [2.05, 4.69) is 45.4 Å². The predicted octanol–water partition coefficient (Wildman–Crippen LogP) is 0.639. The summed E-state index contributed by atoms with van der Waals surface area (Å²) >= 11 is 1.12. The van der Waals surface area contributed by atoms with Crippen molar-refractivity contribution in [1.29, 1.82) is 0 Å². The number of thiol groups is 1. The summed E-state index contributed by atoms with van der Waals surface area (Å²) < 4.78 is 30.4. The number of rotatable bonds is 29. The number of hydrogen-bond acceptors (Lipinski definition) is 18. The summed E-state index contributed by atoms with van der Waals surface area (Å²) in [4.78, 5) is 0. The normalized spacial score (nSPS) is 11.1.